The van der Waals surface area contributed by atoms with Gasteiger partial charge in [-0.25, -0.2) is 5.48 Å². The van der Waals surface area contributed by atoms with Crippen molar-refractivity contribution in [2.75, 3.05) is 13.7 Å². The minimum atomic E-state index is -0.182. The van der Waals surface area contributed by atoms with Gasteiger partial charge in [-0.1, -0.05) is 12.1 Å². The van der Waals surface area contributed by atoms with Crippen molar-refractivity contribution < 1.29 is 9.63 Å². The number of amides is 1. The normalized spacial score (nSPS) is 14.5. The molecule has 0 saturated heterocycles. The van der Waals surface area contributed by atoms with E-state index in [9.17, 15) is 4.79 Å². The molecule has 1 heterocycles. The SMILES string of the molecule is CONC(=O)c1cccc2c1CNCC2. The number of nitrogens with one attached hydrogen (secondary N) is 2. The van der Waals surface area contributed by atoms with Crippen LogP contribution in [-0.2, 0) is 17.8 Å². The quantitative estimate of drug-likeness (QED) is 0.697. The Labute approximate surface area is 88.6 Å². The van der Waals surface area contributed by atoms with Gasteiger partial charge in [-0.05, 0) is 30.2 Å². The van der Waals surface area contributed by atoms with Crippen LogP contribution in [0.3, 0.4) is 0 Å². The van der Waals surface area contributed by atoms with Crippen molar-refractivity contribution in [3.05, 3.63) is 34.9 Å². The molecule has 0 bridgehead atoms. The third kappa shape index (κ3) is 2.00. The van der Waals surface area contributed by atoms with Crippen molar-refractivity contribution in [1.82, 2.24) is 10.8 Å². The minimum absolute atomic E-state index is 0.182. The molecular formula is C11H14N2O2. The number of fused-ring (bicyclic) bond motifs is 1. The first-order valence-electron chi connectivity index (χ1n) is 4.97. The molecule has 0 saturated carbocycles. The highest BCUT2D eigenvalue weighted by Gasteiger charge is 2.16. The Morgan fingerprint density at radius 2 is 2.40 bits per heavy atom. The van der Waals surface area contributed by atoms with Gasteiger partial charge < -0.3 is 5.32 Å². The lowest BCUT2D eigenvalue weighted by Gasteiger charge is -2.19. The molecule has 4 heteroatoms. The van der Waals surface area contributed by atoms with E-state index in [1.807, 2.05) is 12.1 Å². The fourth-order valence-electron chi connectivity index (χ4n) is 1.87. The smallest absolute Gasteiger partial charge is 0.275 e. The summed E-state index contributed by atoms with van der Waals surface area (Å²) in [5, 5.41) is 3.26. The summed E-state index contributed by atoms with van der Waals surface area (Å²) in [6.07, 6.45) is 0.976. The zero-order chi connectivity index (χ0) is 10.7. The van der Waals surface area contributed by atoms with Crippen LogP contribution in [0.2, 0.25) is 0 Å². The van der Waals surface area contributed by atoms with Crippen LogP contribution in [0, 0.1) is 0 Å². The van der Waals surface area contributed by atoms with Crippen molar-refractivity contribution in [1.29, 1.82) is 0 Å². The van der Waals surface area contributed by atoms with Gasteiger partial charge in [-0.3, -0.25) is 9.63 Å². The van der Waals surface area contributed by atoms with Crippen molar-refractivity contribution in [3.8, 4) is 0 Å². The van der Waals surface area contributed by atoms with Crippen molar-refractivity contribution in [2.24, 2.45) is 0 Å². The molecule has 1 amide bonds. The van der Waals surface area contributed by atoms with Gasteiger partial charge in [-0.15, -0.1) is 0 Å². The molecule has 0 radical (unpaired) electrons. The number of carbonyl (C=O) groups is 1. The average molecular weight is 206 g/mol. The lowest BCUT2D eigenvalue weighted by Crippen LogP contribution is -2.29. The number of benzene rings is 1. The maximum absolute atomic E-state index is 11.7. The summed E-state index contributed by atoms with van der Waals surface area (Å²) in [6.45, 7) is 1.73. The first kappa shape index (κ1) is 10.1. The van der Waals surface area contributed by atoms with Crippen LogP contribution in [0.4, 0.5) is 0 Å². The number of hydrogen-bond donors (Lipinski definition) is 2. The number of hydrogen-bond acceptors (Lipinski definition) is 3. The molecule has 0 atom stereocenters. The Morgan fingerprint density at radius 3 is 3.20 bits per heavy atom. The fraction of sp³-hybridized carbons (Fsp3) is 0.364. The monoisotopic (exact) mass is 206 g/mol. The first-order valence-corrected chi connectivity index (χ1v) is 4.97. The lowest BCUT2D eigenvalue weighted by molar-refractivity contribution is 0.0536. The second-order valence-electron chi connectivity index (χ2n) is 3.51. The average Bonchev–Trinajstić information content (AvgIpc) is 2.28. The van der Waals surface area contributed by atoms with Crippen LogP contribution in [0.15, 0.2) is 18.2 Å². The van der Waals surface area contributed by atoms with E-state index in [4.69, 9.17) is 0 Å². The molecule has 1 aromatic carbocycles. The van der Waals surface area contributed by atoms with E-state index >= 15 is 0 Å². The van der Waals surface area contributed by atoms with E-state index in [-0.39, 0.29) is 5.91 Å². The molecule has 15 heavy (non-hydrogen) atoms. The topological polar surface area (TPSA) is 50.4 Å². The molecule has 0 aliphatic carbocycles. The Kier molecular flexibility index (Phi) is 2.99. The van der Waals surface area contributed by atoms with Gasteiger partial charge in [0.1, 0.15) is 0 Å². The Balaban J connectivity index is 2.34. The van der Waals surface area contributed by atoms with E-state index in [0.29, 0.717) is 5.56 Å². The van der Waals surface area contributed by atoms with E-state index in [1.54, 1.807) is 0 Å². The summed E-state index contributed by atoms with van der Waals surface area (Å²) < 4.78 is 0. The molecule has 0 fully saturated rings. The molecule has 1 aliphatic heterocycles. The van der Waals surface area contributed by atoms with Crippen LogP contribution in [0.25, 0.3) is 0 Å². The van der Waals surface area contributed by atoms with E-state index in [1.165, 1.54) is 12.7 Å². The van der Waals surface area contributed by atoms with Crippen molar-refractivity contribution in [2.45, 2.75) is 13.0 Å². The van der Waals surface area contributed by atoms with Gasteiger partial charge >= 0.3 is 0 Å². The van der Waals surface area contributed by atoms with Gasteiger partial charge in [-0.2, -0.15) is 0 Å². The van der Waals surface area contributed by atoms with Gasteiger partial charge in [0.15, 0.2) is 0 Å². The molecular weight excluding hydrogens is 192 g/mol. The van der Waals surface area contributed by atoms with Gasteiger partial charge in [0, 0.05) is 12.1 Å². The number of carbonyl (C=O) groups excluding carboxylic acids is 1. The highest BCUT2D eigenvalue weighted by atomic mass is 16.6. The van der Waals surface area contributed by atoms with Crippen LogP contribution < -0.4 is 10.8 Å². The van der Waals surface area contributed by atoms with Crippen LogP contribution in [0.1, 0.15) is 21.5 Å². The maximum Gasteiger partial charge on any atom is 0.275 e. The Morgan fingerprint density at radius 1 is 1.53 bits per heavy atom. The van der Waals surface area contributed by atoms with Crippen LogP contribution in [0.5, 0.6) is 0 Å². The van der Waals surface area contributed by atoms with Gasteiger partial charge in [0.2, 0.25) is 0 Å². The highest BCUT2D eigenvalue weighted by molar-refractivity contribution is 5.95. The van der Waals surface area contributed by atoms with E-state index < -0.39 is 0 Å². The molecule has 0 spiro atoms. The molecule has 2 rings (SSSR count). The van der Waals surface area contributed by atoms with Crippen molar-refractivity contribution in [3.63, 3.8) is 0 Å². The Hall–Kier alpha value is -1.39. The summed E-state index contributed by atoms with van der Waals surface area (Å²) in [7, 11) is 1.44. The standard InChI is InChI=1S/C11H14N2O2/c1-15-13-11(14)9-4-2-3-8-5-6-12-7-10(8)9/h2-4,12H,5-7H2,1H3,(H,13,14). The molecule has 1 aromatic rings. The van der Waals surface area contributed by atoms with E-state index in [0.717, 1.165) is 25.1 Å². The lowest BCUT2D eigenvalue weighted by atomic mass is 9.96. The van der Waals surface area contributed by atoms with Gasteiger partial charge in [0.25, 0.3) is 5.91 Å². The summed E-state index contributed by atoms with van der Waals surface area (Å²) in [4.78, 5) is 16.3. The molecule has 2 N–H and O–H groups in total. The largest absolute Gasteiger partial charge is 0.312 e. The third-order valence-electron chi connectivity index (χ3n) is 2.59. The molecule has 80 valence electrons. The van der Waals surface area contributed by atoms with Gasteiger partial charge in [0.05, 0.1) is 7.11 Å². The second-order valence-corrected chi connectivity index (χ2v) is 3.51. The number of rotatable bonds is 2. The molecule has 0 unspecified atom stereocenters. The van der Waals surface area contributed by atoms with E-state index in [2.05, 4.69) is 21.7 Å². The zero-order valence-electron chi connectivity index (χ0n) is 8.67. The second kappa shape index (κ2) is 4.42. The summed E-state index contributed by atoms with van der Waals surface area (Å²) in [5.41, 5.74) is 5.37. The summed E-state index contributed by atoms with van der Waals surface area (Å²) >= 11 is 0. The predicted molar refractivity (Wildman–Crippen MR) is 56.3 cm³/mol. The third-order valence-corrected chi connectivity index (χ3v) is 2.59. The summed E-state index contributed by atoms with van der Waals surface area (Å²) in [6, 6.07) is 5.80. The van der Waals surface area contributed by atoms with Crippen molar-refractivity contribution >= 4 is 5.91 Å². The molecule has 4 nitrogen and oxygen atoms in total. The highest BCUT2D eigenvalue weighted by Crippen LogP contribution is 2.18. The molecule has 0 aromatic heterocycles. The maximum atomic E-state index is 11.7. The van der Waals surface area contributed by atoms with Crippen LogP contribution in [-0.4, -0.2) is 19.6 Å². The zero-order valence-corrected chi connectivity index (χ0v) is 8.67. The Bertz CT molecular complexity index is 377. The predicted octanol–water partition coefficient (Wildman–Crippen LogP) is 0.623. The summed E-state index contributed by atoms with van der Waals surface area (Å²) in [5.74, 6) is -0.182. The first-order chi connectivity index (χ1) is 7.33. The minimum Gasteiger partial charge on any atom is -0.312 e. The molecule has 1 aliphatic rings. The van der Waals surface area contributed by atoms with Crippen LogP contribution >= 0.6 is 0 Å². The fourth-order valence-corrected chi connectivity index (χ4v) is 1.87. The number of hydroxylamine groups is 1.